The van der Waals surface area contributed by atoms with E-state index >= 15 is 0 Å². The second kappa shape index (κ2) is 5.12. The summed E-state index contributed by atoms with van der Waals surface area (Å²) < 4.78 is 5.17. The Kier molecular flexibility index (Phi) is 3.81. The average Bonchev–Trinajstić information content (AvgIpc) is 2.64. The van der Waals surface area contributed by atoms with E-state index in [1.807, 2.05) is 19.1 Å². The van der Waals surface area contributed by atoms with Gasteiger partial charge in [-0.05, 0) is 55.2 Å². The summed E-state index contributed by atoms with van der Waals surface area (Å²) >= 11 is 0. The highest BCUT2D eigenvalue weighted by atomic mass is 16.5. The lowest BCUT2D eigenvalue weighted by Gasteiger charge is -2.38. The van der Waals surface area contributed by atoms with Crippen LogP contribution < -0.4 is 4.74 Å². The summed E-state index contributed by atoms with van der Waals surface area (Å²) in [6.07, 6.45) is 2.66. The minimum absolute atomic E-state index is 0.196. The van der Waals surface area contributed by atoms with Gasteiger partial charge in [-0.2, -0.15) is 0 Å². The number of aliphatic carboxylic acids is 1. The Morgan fingerprint density at radius 1 is 1.30 bits per heavy atom. The number of methoxy groups -OCH3 is 1. The van der Waals surface area contributed by atoms with Gasteiger partial charge in [0, 0.05) is 0 Å². The summed E-state index contributed by atoms with van der Waals surface area (Å²) in [5, 5.41) is 9.54. The molecule has 0 aromatic heterocycles. The monoisotopic (exact) mass is 276 g/mol. The van der Waals surface area contributed by atoms with Crippen molar-refractivity contribution in [2.75, 3.05) is 7.11 Å². The van der Waals surface area contributed by atoms with Crippen LogP contribution in [0, 0.1) is 16.7 Å². The van der Waals surface area contributed by atoms with Crippen molar-refractivity contribution in [1.29, 1.82) is 0 Å². The van der Waals surface area contributed by atoms with Crippen LogP contribution in [0.15, 0.2) is 24.3 Å². The van der Waals surface area contributed by atoms with Crippen molar-refractivity contribution in [2.24, 2.45) is 16.7 Å². The van der Waals surface area contributed by atoms with E-state index in [0.717, 1.165) is 25.0 Å². The number of ether oxygens (including phenoxy) is 1. The van der Waals surface area contributed by atoms with Gasteiger partial charge in [-0.15, -0.1) is 0 Å². The minimum atomic E-state index is -0.667. The van der Waals surface area contributed by atoms with E-state index in [0.29, 0.717) is 5.92 Å². The quantitative estimate of drug-likeness (QED) is 0.910. The maximum atomic E-state index is 11.6. The molecule has 0 radical (unpaired) electrons. The number of hydrogen-bond donors (Lipinski definition) is 1. The van der Waals surface area contributed by atoms with Crippen molar-refractivity contribution in [2.45, 2.75) is 40.0 Å². The van der Waals surface area contributed by atoms with E-state index in [2.05, 4.69) is 26.0 Å². The molecular formula is C17H24O3. The van der Waals surface area contributed by atoms with Gasteiger partial charge in [0.25, 0.3) is 0 Å². The van der Waals surface area contributed by atoms with E-state index < -0.39 is 11.4 Å². The van der Waals surface area contributed by atoms with Crippen LogP contribution >= 0.6 is 0 Å². The van der Waals surface area contributed by atoms with Crippen LogP contribution in [0.5, 0.6) is 5.75 Å². The van der Waals surface area contributed by atoms with Crippen LogP contribution in [-0.2, 0) is 11.2 Å². The van der Waals surface area contributed by atoms with Gasteiger partial charge in [-0.1, -0.05) is 26.0 Å². The molecule has 0 unspecified atom stereocenters. The van der Waals surface area contributed by atoms with Gasteiger partial charge < -0.3 is 9.84 Å². The van der Waals surface area contributed by atoms with Crippen LogP contribution in [0.25, 0.3) is 0 Å². The molecule has 1 saturated carbocycles. The van der Waals surface area contributed by atoms with E-state index in [9.17, 15) is 9.90 Å². The number of hydrogen-bond acceptors (Lipinski definition) is 2. The Balaban J connectivity index is 2.16. The SMILES string of the molecule is COc1ccc(C[C@@H]2CC[C@](C)(C(=O)O)C2(C)C)cc1. The largest absolute Gasteiger partial charge is 0.497 e. The number of carbonyl (C=O) groups is 1. The maximum absolute atomic E-state index is 11.6. The summed E-state index contributed by atoms with van der Waals surface area (Å²) in [6.45, 7) is 6.09. The Hall–Kier alpha value is -1.51. The lowest BCUT2D eigenvalue weighted by atomic mass is 9.65. The smallest absolute Gasteiger partial charge is 0.309 e. The number of carboxylic acid groups (broad SMARTS) is 1. The third-order valence-electron chi connectivity index (χ3n) is 5.55. The van der Waals surface area contributed by atoms with E-state index in [-0.39, 0.29) is 5.41 Å². The molecule has 1 aromatic rings. The van der Waals surface area contributed by atoms with Crippen molar-refractivity contribution < 1.29 is 14.6 Å². The van der Waals surface area contributed by atoms with Gasteiger partial charge in [0.2, 0.25) is 0 Å². The van der Waals surface area contributed by atoms with Gasteiger partial charge in [-0.25, -0.2) is 0 Å². The lowest BCUT2D eigenvalue weighted by Crippen LogP contribution is -2.41. The van der Waals surface area contributed by atoms with Crippen LogP contribution in [0.3, 0.4) is 0 Å². The highest BCUT2D eigenvalue weighted by Gasteiger charge is 2.55. The van der Waals surface area contributed by atoms with Crippen molar-refractivity contribution in [3.63, 3.8) is 0 Å². The molecule has 1 aliphatic rings. The molecule has 1 aromatic carbocycles. The third-order valence-corrected chi connectivity index (χ3v) is 5.55. The molecule has 0 amide bonds. The van der Waals surface area contributed by atoms with Gasteiger partial charge >= 0.3 is 5.97 Å². The van der Waals surface area contributed by atoms with Crippen LogP contribution in [0.4, 0.5) is 0 Å². The fraction of sp³-hybridized carbons (Fsp3) is 0.588. The van der Waals surface area contributed by atoms with Crippen LogP contribution in [0.1, 0.15) is 39.2 Å². The van der Waals surface area contributed by atoms with Gasteiger partial charge in [-0.3, -0.25) is 4.79 Å². The molecule has 0 spiro atoms. The average molecular weight is 276 g/mol. The molecule has 0 saturated heterocycles. The fourth-order valence-electron chi connectivity index (χ4n) is 3.38. The van der Waals surface area contributed by atoms with Crippen molar-refractivity contribution in [3.8, 4) is 5.75 Å². The standard InChI is InChI=1S/C17H24O3/c1-16(2)13(9-10-17(16,3)15(18)19)11-12-5-7-14(20-4)8-6-12/h5-8,13H,9-11H2,1-4H3,(H,18,19)/t13-,17+/m0/s1. The fourth-order valence-corrected chi connectivity index (χ4v) is 3.38. The second-order valence-corrected chi connectivity index (χ2v) is 6.65. The van der Waals surface area contributed by atoms with Crippen LogP contribution in [0.2, 0.25) is 0 Å². The first kappa shape index (κ1) is 14.9. The molecule has 3 nitrogen and oxygen atoms in total. The second-order valence-electron chi connectivity index (χ2n) is 6.65. The van der Waals surface area contributed by atoms with Gasteiger partial charge in [0.05, 0.1) is 12.5 Å². The number of benzene rings is 1. The molecule has 2 atom stereocenters. The van der Waals surface area contributed by atoms with E-state index in [1.54, 1.807) is 7.11 Å². The minimum Gasteiger partial charge on any atom is -0.497 e. The molecule has 1 N–H and O–H groups in total. The van der Waals surface area contributed by atoms with Crippen molar-refractivity contribution >= 4 is 5.97 Å². The molecule has 0 aliphatic heterocycles. The normalized spacial score (nSPS) is 28.3. The number of carboxylic acids is 1. The maximum Gasteiger partial charge on any atom is 0.309 e. The molecule has 20 heavy (non-hydrogen) atoms. The molecule has 1 aliphatic carbocycles. The third kappa shape index (κ3) is 2.30. The zero-order valence-electron chi connectivity index (χ0n) is 12.8. The van der Waals surface area contributed by atoms with E-state index in [1.165, 1.54) is 5.56 Å². The molecule has 0 heterocycles. The predicted octanol–water partition coefficient (Wildman–Crippen LogP) is 3.76. The lowest BCUT2D eigenvalue weighted by molar-refractivity contribution is -0.154. The first-order valence-electron chi connectivity index (χ1n) is 7.17. The topological polar surface area (TPSA) is 46.5 Å². The Morgan fingerprint density at radius 2 is 1.90 bits per heavy atom. The Morgan fingerprint density at radius 3 is 2.35 bits per heavy atom. The zero-order valence-corrected chi connectivity index (χ0v) is 12.8. The first-order valence-corrected chi connectivity index (χ1v) is 7.17. The predicted molar refractivity (Wildman–Crippen MR) is 78.9 cm³/mol. The molecule has 1 fully saturated rings. The summed E-state index contributed by atoms with van der Waals surface area (Å²) in [7, 11) is 1.66. The van der Waals surface area contributed by atoms with Crippen LogP contribution in [-0.4, -0.2) is 18.2 Å². The summed E-state index contributed by atoms with van der Waals surface area (Å²) in [5.41, 5.74) is 0.432. The van der Waals surface area contributed by atoms with Gasteiger partial charge in [0.1, 0.15) is 5.75 Å². The van der Waals surface area contributed by atoms with Gasteiger partial charge in [0.15, 0.2) is 0 Å². The summed E-state index contributed by atoms with van der Waals surface area (Å²) in [5.74, 6) is 0.589. The summed E-state index contributed by atoms with van der Waals surface area (Å²) in [4.78, 5) is 11.6. The highest BCUT2D eigenvalue weighted by Crippen LogP contribution is 2.56. The Bertz CT molecular complexity index is 489. The molecule has 3 heteroatoms. The van der Waals surface area contributed by atoms with Crippen molar-refractivity contribution in [3.05, 3.63) is 29.8 Å². The molecule has 110 valence electrons. The zero-order chi connectivity index (χ0) is 15.0. The molecular weight excluding hydrogens is 252 g/mol. The molecule has 2 rings (SSSR count). The Labute approximate surface area is 121 Å². The van der Waals surface area contributed by atoms with E-state index in [4.69, 9.17) is 4.74 Å². The first-order chi connectivity index (χ1) is 9.31. The van der Waals surface area contributed by atoms with Crippen molar-refractivity contribution in [1.82, 2.24) is 0 Å². The summed E-state index contributed by atoms with van der Waals surface area (Å²) in [6, 6.07) is 8.08. The number of rotatable bonds is 4. The highest BCUT2D eigenvalue weighted by molar-refractivity contribution is 5.75. The molecule has 0 bridgehead atoms.